The maximum Gasteiger partial charge on any atom is 0.323 e. The average molecular weight is 265 g/mol. The number of carbonyl (C=O) groups is 2. The molecule has 17 heavy (non-hydrogen) atoms. The first-order valence-electron chi connectivity index (χ1n) is 5.10. The van der Waals surface area contributed by atoms with Gasteiger partial charge in [-0.25, -0.2) is 12.7 Å². The summed E-state index contributed by atoms with van der Waals surface area (Å²) in [5, 5.41) is 7.20. The molecule has 0 aliphatic carbocycles. The number of carbonyl (C=O) groups excluding carboxylic acids is 1. The first kappa shape index (κ1) is 13.9. The highest BCUT2D eigenvalue weighted by molar-refractivity contribution is 7.90. The van der Waals surface area contributed by atoms with Crippen LogP contribution in [0.25, 0.3) is 0 Å². The molecule has 1 rings (SSSR count). The van der Waals surface area contributed by atoms with Crippen LogP contribution >= 0.6 is 0 Å². The van der Waals surface area contributed by atoms with Crippen LogP contribution in [0, 0.1) is 5.92 Å². The van der Waals surface area contributed by atoms with Crippen LogP contribution in [0.3, 0.4) is 0 Å². The minimum atomic E-state index is -3.89. The van der Waals surface area contributed by atoms with E-state index in [2.05, 4.69) is 4.74 Å². The molecule has 1 heterocycles. The highest BCUT2D eigenvalue weighted by Crippen LogP contribution is 2.22. The summed E-state index contributed by atoms with van der Waals surface area (Å²) in [7, 11) is -2.65. The number of hydrogen-bond acceptors (Lipinski definition) is 5. The van der Waals surface area contributed by atoms with Crippen LogP contribution in [0.1, 0.15) is 13.3 Å². The molecule has 0 radical (unpaired) electrons. The van der Waals surface area contributed by atoms with Crippen LogP contribution in [-0.2, 0) is 24.3 Å². The SMILES string of the molecule is COC(=O)C1CCN(S(=O)(=O)C(C)C(=O)O)C1. The van der Waals surface area contributed by atoms with E-state index in [9.17, 15) is 18.0 Å². The van der Waals surface area contributed by atoms with Gasteiger partial charge in [-0.3, -0.25) is 9.59 Å². The van der Waals surface area contributed by atoms with E-state index < -0.39 is 33.1 Å². The third-order valence-corrected chi connectivity index (χ3v) is 4.99. The van der Waals surface area contributed by atoms with Crippen molar-refractivity contribution in [2.45, 2.75) is 18.6 Å². The van der Waals surface area contributed by atoms with Gasteiger partial charge in [-0.05, 0) is 13.3 Å². The first-order chi connectivity index (χ1) is 7.80. The number of sulfonamides is 1. The summed E-state index contributed by atoms with van der Waals surface area (Å²) < 4.78 is 29.2. The predicted octanol–water partition coefficient (Wildman–Crippen LogP) is -0.716. The Kier molecular flexibility index (Phi) is 4.10. The number of carboxylic acid groups (broad SMARTS) is 1. The maximum atomic E-state index is 11.8. The fourth-order valence-electron chi connectivity index (χ4n) is 1.67. The topological polar surface area (TPSA) is 101 Å². The summed E-state index contributed by atoms with van der Waals surface area (Å²) in [5.74, 6) is -2.37. The van der Waals surface area contributed by atoms with E-state index in [0.717, 1.165) is 11.2 Å². The van der Waals surface area contributed by atoms with Crippen LogP contribution < -0.4 is 0 Å². The quantitative estimate of drug-likeness (QED) is 0.673. The molecule has 2 atom stereocenters. The van der Waals surface area contributed by atoms with Crippen molar-refractivity contribution in [2.24, 2.45) is 5.92 Å². The van der Waals surface area contributed by atoms with Crippen molar-refractivity contribution in [3.63, 3.8) is 0 Å². The third kappa shape index (κ3) is 2.75. The first-order valence-corrected chi connectivity index (χ1v) is 6.60. The molecular weight excluding hydrogens is 250 g/mol. The molecule has 0 spiro atoms. The van der Waals surface area contributed by atoms with Gasteiger partial charge in [0.2, 0.25) is 10.0 Å². The van der Waals surface area contributed by atoms with Crippen molar-refractivity contribution >= 4 is 22.0 Å². The number of ether oxygens (including phenoxy) is 1. The number of carboxylic acids is 1. The number of aliphatic carboxylic acids is 1. The summed E-state index contributed by atoms with van der Waals surface area (Å²) in [6, 6.07) is 0. The molecule has 0 aromatic carbocycles. The van der Waals surface area contributed by atoms with Gasteiger partial charge in [-0.15, -0.1) is 0 Å². The van der Waals surface area contributed by atoms with Gasteiger partial charge in [0.05, 0.1) is 13.0 Å². The lowest BCUT2D eigenvalue weighted by molar-refractivity contribution is -0.144. The standard InChI is InChI=1S/C9H15NO6S/c1-6(8(11)12)17(14,15)10-4-3-7(5-10)9(13)16-2/h6-7H,3-5H2,1-2H3,(H,11,12). The van der Waals surface area contributed by atoms with E-state index in [-0.39, 0.29) is 13.1 Å². The largest absolute Gasteiger partial charge is 0.480 e. The van der Waals surface area contributed by atoms with Crippen molar-refractivity contribution in [1.82, 2.24) is 4.31 Å². The molecule has 2 unspecified atom stereocenters. The number of methoxy groups -OCH3 is 1. The Morgan fingerprint density at radius 3 is 2.53 bits per heavy atom. The average Bonchev–Trinajstić information content (AvgIpc) is 2.76. The van der Waals surface area contributed by atoms with Crippen molar-refractivity contribution < 1.29 is 27.9 Å². The molecule has 7 nitrogen and oxygen atoms in total. The number of nitrogens with zero attached hydrogens (tertiary/aromatic N) is 1. The fraction of sp³-hybridized carbons (Fsp3) is 0.778. The minimum Gasteiger partial charge on any atom is -0.480 e. The molecule has 0 saturated carbocycles. The second kappa shape index (κ2) is 5.01. The van der Waals surface area contributed by atoms with E-state index in [4.69, 9.17) is 5.11 Å². The number of rotatable bonds is 4. The summed E-state index contributed by atoms with van der Waals surface area (Å²) in [4.78, 5) is 21.9. The Hall–Kier alpha value is -1.15. The van der Waals surface area contributed by atoms with Gasteiger partial charge in [0.25, 0.3) is 0 Å². The van der Waals surface area contributed by atoms with E-state index in [1.807, 2.05) is 0 Å². The fourth-order valence-corrected chi connectivity index (χ4v) is 3.12. The van der Waals surface area contributed by atoms with Gasteiger partial charge in [0, 0.05) is 13.1 Å². The molecule has 0 amide bonds. The molecule has 1 aliphatic heterocycles. The normalized spacial score (nSPS) is 23.3. The highest BCUT2D eigenvalue weighted by atomic mass is 32.2. The Bertz CT molecular complexity index is 417. The van der Waals surface area contributed by atoms with Gasteiger partial charge >= 0.3 is 11.9 Å². The van der Waals surface area contributed by atoms with E-state index in [0.29, 0.717) is 6.42 Å². The Balaban J connectivity index is 2.77. The summed E-state index contributed by atoms with van der Waals surface area (Å²) in [6.07, 6.45) is 0.359. The zero-order valence-corrected chi connectivity index (χ0v) is 10.4. The lowest BCUT2D eigenvalue weighted by Crippen LogP contribution is -2.40. The Morgan fingerprint density at radius 1 is 1.47 bits per heavy atom. The van der Waals surface area contributed by atoms with Gasteiger partial charge in [0.1, 0.15) is 0 Å². The van der Waals surface area contributed by atoms with Gasteiger partial charge in [-0.2, -0.15) is 0 Å². The van der Waals surface area contributed by atoms with Gasteiger partial charge < -0.3 is 9.84 Å². The van der Waals surface area contributed by atoms with Crippen LogP contribution in [0.5, 0.6) is 0 Å². The minimum absolute atomic E-state index is 0.00731. The third-order valence-electron chi connectivity index (χ3n) is 2.84. The zero-order valence-electron chi connectivity index (χ0n) is 9.62. The molecule has 8 heteroatoms. The highest BCUT2D eigenvalue weighted by Gasteiger charge is 2.40. The Morgan fingerprint density at radius 2 is 2.06 bits per heavy atom. The summed E-state index contributed by atoms with van der Waals surface area (Å²) >= 11 is 0. The predicted molar refractivity (Wildman–Crippen MR) is 57.7 cm³/mol. The smallest absolute Gasteiger partial charge is 0.323 e. The van der Waals surface area contributed by atoms with E-state index in [1.165, 1.54) is 7.11 Å². The molecule has 0 bridgehead atoms. The molecule has 0 aromatic heterocycles. The van der Waals surface area contributed by atoms with Gasteiger partial charge in [-0.1, -0.05) is 0 Å². The lowest BCUT2D eigenvalue weighted by Gasteiger charge is -2.18. The number of hydrogen-bond donors (Lipinski definition) is 1. The molecule has 1 saturated heterocycles. The zero-order chi connectivity index (χ0) is 13.2. The van der Waals surface area contributed by atoms with Crippen LogP contribution in [0.15, 0.2) is 0 Å². The lowest BCUT2D eigenvalue weighted by atomic mass is 10.1. The molecule has 0 aromatic rings. The van der Waals surface area contributed by atoms with Crippen LogP contribution in [-0.4, -0.2) is 55.2 Å². The monoisotopic (exact) mass is 265 g/mol. The molecular formula is C9H15NO6S. The molecule has 1 aliphatic rings. The second-order valence-corrected chi connectivity index (χ2v) is 6.15. The Labute approximate surface area is 99.4 Å². The molecule has 1 N–H and O–H groups in total. The molecule has 1 fully saturated rings. The summed E-state index contributed by atoms with van der Waals surface area (Å²) in [6.45, 7) is 1.26. The van der Waals surface area contributed by atoms with Gasteiger partial charge in [0.15, 0.2) is 5.25 Å². The maximum absolute atomic E-state index is 11.8. The van der Waals surface area contributed by atoms with E-state index >= 15 is 0 Å². The van der Waals surface area contributed by atoms with Crippen molar-refractivity contribution in [1.29, 1.82) is 0 Å². The van der Waals surface area contributed by atoms with Crippen molar-refractivity contribution in [2.75, 3.05) is 20.2 Å². The van der Waals surface area contributed by atoms with E-state index in [1.54, 1.807) is 0 Å². The second-order valence-electron chi connectivity index (χ2n) is 3.89. The van der Waals surface area contributed by atoms with Crippen LogP contribution in [0.2, 0.25) is 0 Å². The van der Waals surface area contributed by atoms with Crippen molar-refractivity contribution in [3.8, 4) is 0 Å². The van der Waals surface area contributed by atoms with Crippen LogP contribution in [0.4, 0.5) is 0 Å². The number of esters is 1. The molecule has 98 valence electrons. The van der Waals surface area contributed by atoms with Crippen molar-refractivity contribution in [3.05, 3.63) is 0 Å². The summed E-state index contributed by atoms with van der Waals surface area (Å²) in [5.41, 5.74) is 0.